The molecule has 0 aliphatic heterocycles. The second-order valence-corrected chi connectivity index (χ2v) is 14.9. The first-order chi connectivity index (χ1) is 21.6. The summed E-state index contributed by atoms with van der Waals surface area (Å²) in [6.45, 7) is 9.89. The van der Waals surface area contributed by atoms with E-state index in [1.54, 1.807) is 0 Å². The highest BCUT2D eigenvalue weighted by atomic mass is 16.5. The summed E-state index contributed by atoms with van der Waals surface area (Å²) in [6, 6.07) is 0. The number of hydrogen-bond acceptors (Lipinski definition) is 2. The second-order valence-electron chi connectivity index (χ2n) is 14.9. The minimum Gasteiger partial charge on any atom is -0.465 e. The molecule has 0 bridgehead atoms. The predicted molar refractivity (Wildman–Crippen MR) is 198 cm³/mol. The van der Waals surface area contributed by atoms with Gasteiger partial charge in [-0.1, -0.05) is 227 Å². The van der Waals surface area contributed by atoms with Crippen LogP contribution in [0.5, 0.6) is 0 Å². The van der Waals surface area contributed by atoms with Crippen LogP contribution in [0.4, 0.5) is 0 Å². The van der Waals surface area contributed by atoms with Crippen molar-refractivity contribution in [2.24, 2.45) is 11.8 Å². The summed E-state index contributed by atoms with van der Waals surface area (Å²) in [5.74, 6) is 1.13. The van der Waals surface area contributed by atoms with Crippen molar-refractivity contribution < 1.29 is 9.53 Å². The van der Waals surface area contributed by atoms with Crippen LogP contribution in [0.3, 0.4) is 0 Å². The van der Waals surface area contributed by atoms with Gasteiger partial charge in [0.2, 0.25) is 0 Å². The standard InChI is InChI=1S/C42H84O2/c1-5-7-9-11-13-15-22-26-30-34-38-41(37-33-29-25-14-12-10-8-6-2)42(43)44-39-35-31-27-23-20-18-16-17-19-21-24-28-32-36-40(3)4/h40-41H,5-39H2,1-4H3. The average Bonchev–Trinajstić information content (AvgIpc) is 3.01. The van der Waals surface area contributed by atoms with Crippen LogP contribution in [0.25, 0.3) is 0 Å². The Morgan fingerprint density at radius 3 is 0.977 bits per heavy atom. The molecule has 0 spiro atoms. The zero-order chi connectivity index (χ0) is 32.2. The van der Waals surface area contributed by atoms with Crippen LogP contribution in [0.15, 0.2) is 0 Å². The van der Waals surface area contributed by atoms with Gasteiger partial charge >= 0.3 is 5.97 Å². The number of unbranched alkanes of at least 4 members (excludes halogenated alkanes) is 28. The molecular weight excluding hydrogens is 536 g/mol. The summed E-state index contributed by atoms with van der Waals surface area (Å²) in [4.78, 5) is 13.0. The maximum atomic E-state index is 13.0. The van der Waals surface area contributed by atoms with Crippen molar-refractivity contribution in [2.45, 2.75) is 246 Å². The highest BCUT2D eigenvalue weighted by Crippen LogP contribution is 2.22. The van der Waals surface area contributed by atoms with E-state index in [2.05, 4.69) is 27.7 Å². The van der Waals surface area contributed by atoms with Gasteiger partial charge in [0, 0.05) is 0 Å². The molecule has 0 amide bonds. The van der Waals surface area contributed by atoms with Crippen LogP contribution in [-0.4, -0.2) is 12.6 Å². The van der Waals surface area contributed by atoms with Crippen LogP contribution < -0.4 is 0 Å². The smallest absolute Gasteiger partial charge is 0.308 e. The SMILES string of the molecule is CCCCCCCCCCCCC(CCCCCCCCCC)C(=O)OCCCCCCCCCCCCCCCC(C)C. The van der Waals surface area contributed by atoms with Crippen molar-refractivity contribution in [3.8, 4) is 0 Å². The van der Waals surface area contributed by atoms with Crippen molar-refractivity contribution >= 4 is 5.97 Å². The van der Waals surface area contributed by atoms with Crippen molar-refractivity contribution in [3.63, 3.8) is 0 Å². The lowest BCUT2D eigenvalue weighted by Crippen LogP contribution is -2.18. The molecule has 0 saturated carbocycles. The summed E-state index contributed by atoms with van der Waals surface area (Å²) in [7, 11) is 0. The molecule has 0 fully saturated rings. The maximum Gasteiger partial charge on any atom is 0.308 e. The van der Waals surface area contributed by atoms with Gasteiger partial charge in [0.1, 0.15) is 0 Å². The van der Waals surface area contributed by atoms with Crippen LogP contribution in [0, 0.1) is 11.8 Å². The predicted octanol–water partition coefficient (Wildman–Crippen LogP) is 15.1. The van der Waals surface area contributed by atoms with Gasteiger partial charge in [-0.3, -0.25) is 4.79 Å². The number of rotatable bonds is 37. The Morgan fingerprint density at radius 2 is 0.659 bits per heavy atom. The van der Waals surface area contributed by atoms with Crippen LogP contribution >= 0.6 is 0 Å². The molecule has 0 radical (unpaired) electrons. The Bertz CT molecular complexity index is 542. The minimum atomic E-state index is 0.115. The molecule has 0 saturated heterocycles. The van der Waals surface area contributed by atoms with E-state index in [1.165, 1.54) is 199 Å². The number of ether oxygens (including phenoxy) is 1. The molecule has 1 unspecified atom stereocenters. The Kier molecular flexibility index (Phi) is 36.5. The monoisotopic (exact) mass is 621 g/mol. The molecule has 0 aliphatic carbocycles. The van der Waals surface area contributed by atoms with Crippen molar-refractivity contribution in [2.75, 3.05) is 6.61 Å². The lowest BCUT2D eigenvalue weighted by molar-refractivity contribution is -0.149. The fraction of sp³-hybridized carbons (Fsp3) is 0.976. The number of carbonyl (C=O) groups excluding carboxylic acids is 1. The Morgan fingerprint density at radius 1 is 0.386 bits per heavy atom. The van der Waals surface area contributed by atoms with Crippen molar-refractivity contribution in [1.82, 2.24) is 0 Å². The third-order valence-electron chi connectivity index (χ3n) is 9.82. The number of esters is 1. The van der Waals surface area contributed by atoms with Gasteiger partial charge in [0.15, 0.2) is 0 Å². The van der Waals surface area contributed by atoms with Crippen LogP contribution in [0.2, 0.25) is 0 Å². The maximum absolute atomic E-state index is 13.0. The van der Waals surface area contributed by atoms with E-state index < -0.39 is 0 Å². The Hall–Kier alpha value is -0.530. The minimum absolute atomic E-state index is 0.115. The number of hydrogen-bond donors (Lipinski definition) is 0. The number of carbonyl (C=O) groups is 1. The van der Waals surface area contributed by atoms with Gasteiger partial charge in [-0.05, 0) is 25.2 Å². The van der Waals surface area contributed by atoms with E-state index in [0.717, 1.165) is 25.2 Å². The lowest BCUT2D eigenvalue weighted by Gasteiger charge is -2.16. The van der Waals surface area contributed by atoms with Gasteiger partial charge < -0.3 is 4.74 Å². The van der Waals surface area contributed by atoms with E-state index in [1.807, 2.05) is 0 Å². The second kappa shape index (κ2) is 36.9. The zero-order valence-electron chi connectivity index (χ0n) is 31.2. The van der Waals surface area contributed by atoms with E-state index in [4.69, 9.17) is 4.74 Å². The zero-order valence-corrected chi connectivity index (χ0v) is 31.2. The molecule has 2 nitrogen and oxygen atoms in total. The highest BCUT2D eigenvalue weighted by molar-refractivity contribution is 5.72. The molecule has 44 heavy (non-hydrogen) atoms. The van der Waals surface area contributed by atoms with Crippen LogP contribution in [-0.2, 0) is 9.53 Å². The summed E-state index contributed by atoms with van der Waals surface area (Å²) in [6.07, 6.45) is 45.5. The summed E-state index contributed by atoms with van der Waals surface area (Å²) in [5.41, 5.74) is 0. The van der Waals surface area contributed by atoms with Gasteiger partial charge in [-0.2, -0.15) is 0 Å². The topological polar surface area (TPSA) is 26.3 Å². The quantitative estimate of drug-likeness (QED) is 0.0510. The van der Waals surface area contributed by atoms with Crippen LogP contribution in [0.1, 0.15) is 246 Å². The summed E-state index contributed by atoms with van der Waals surface area (Å²) >= 11 is 0. The molecule has 1 atom stereocenters. The Balaban J connectivity index is 3.92. The van der Waals surface area contributed by atoms with Gasteiger partial charge in [-0.15, -0.1) is 0 Å². The molecule has 0 aliphatic rings. The molecule has 2 heteroatoms. The third kappa shape index (κ3) is 34.3. The fourth-order valence-electron chi connectivity index (χ4n) is 6.67. The molecule has 0 rings (SSSR count). The van der Waals surface area contributed by atoms with Gasteiger partial charge in [0.05, 0.1) is 12.5 Å². The molecule has 0 aromatic carbocycles. The Labute approximate surface area is 279 Å². The molecule has 0 aromatic heterocycles. The first-order valence-corrected chi connectivity index (χ1v) is 20.8. The average molecular weight is 621 g/mol. The van der Waals surface area contributed by atoms with Crippen molar-refractivity contribution in [1.29, 1.82) is 0 Å². The van der Waals surface area contributed by atoms with E-state index in [9.17, 15) is 4.79 Å². The molecule has 0 N–H and O–H groups in total. The van der Waals surface area contributed by atoms with Gasteiger partial charge in [0.25, 0.3) is 0 Å². The van der Waals surface area contributed by atoms with Gasteiger partial charge in [-0.25, -0.2) is 0 Å². The molecule has 0 heterocycles. The lowest BCUT2D eigenvalue weighted by atomic mass is 9.94. The summed E-state index contributed by atoms with van der Waals surface area (Å²) in [5, 5.41) is 0. The fourth-order valence-corrected chi connectivity index (χ4v) is 6.67. The first kappa shape index (κ1) is 43.5. The largest absolute Gasteiger partial charge is 0.465 e. The van der Waals surface area contributed by atoms with E-state index >= 15 is 0 Å². The molecule has 264 valence electrons. The first-order valence-electron chi connectivity index (χ1n) is 20.8. The normalized spacial score (nSPS) is 12.3. The van der Waals surface area contributed by atoms with Crippen molar-refractivity contribution in [3.05, 3.63) is 0 Å². The summed E-state index contributed by atoms with van der Waals surface area (Å²) < 4.78 is 5.85. The van der Waals surface area contributed by atoms with E-state index in [-0.39, 0.29) is 11.9 Å². The van der Waals surface area contributed by atoms with E-state index in [0.29, 0.717) is 6.61 Å². The highest BCUT2D eigenvalue weighted by Gasteiger charge is 2.19. The molecule has 0 aromatic rings. The third-order valence-corrected chi connectivity index (χ3v) is 9.82. The molecular formula is C42H84O2.